The molecule has 0 unspecified atom stereocenters. The van der Waals surface area contributed by atoms with Crippen molar-refractivity contribution in [3.8, 4) is 0 Å². The van der Waals surface area contributed by atoms with Gasteiger partial charge in [0, 0.05) is 19.7 Å². The Kier molecular flexibility index (Phi) is 4.25. The Morgan fingerprint density at radius 3 is 2.68 bits per heavy atom. The number of hydrogen-bond donors (Lipinski definition) is 2. The highest BCUT2D eigenvalue weighted by Crippen LogP contribution is 2.25. The van der Waals surface area contributed by atoms with Crippen molar-refractivity contribution < 1.29 is 13.2 Å². The van der Waals surface area contributed by atoms with Gasteiger partial charge in [0.15, 0.2) is 0 Å². The Bertz CT molecular complexity index is 551. The van der Waals surface area contributed by atoms with E-state index >= 15 is 0 Å². The number of methoxy groups -OCH3 is 1. The summed E-state index contributed by atoms with van der Waals surface area (Å²) in [4.78, 5) is 0.316. The van der Waals surface area contributed by atoms with Crippen LogP contribution in [0, 0.1) is 6.92 Å². The predicted molar refractivity (Wildman–Crippen MR) is 73.2 cm³/mol. The molecule has 0 radical (unpaired) electrons. The summed E-state index contributed by atoms with van der Waals surface area (Å²) in [6.07, 6.45) is 1.63. The minimum Gasteiger partial charge on any atom is -0.381 e. The lowest BCUT2D eigenvalue weighted by Gasteiger charge is -2.34. The first-order valence-electron chi connectivity index (χ1n) is 6.31. The molecule has 0 atom stereocenters. The summed E-state index contributed by atoms with van der Waals surface area (Å²) in [6.45, 7) is 2.12. The highest BCUT2D eigenvalue weighted by atomic mass is 32.2. The van der Waals surface area contributed by atoms with Crippen LogP contribution >= 0.6 is 0 Å². The monoisotopic (exact) mass is 284 g/mol. The van der Waals surface area contributed by atoms with Crippen LogP contribution in [0.1, 0.15) is 24.0 Å². The van der Waals surface area contributed by atoms with E-state index in [0.29, 0.717) is 11.4 Å². The molecule has 3 N–H and O–H groups in total. The molecule has 1 aromatic carbocycles. The number of rotatable bonds is 5. The standard InChI is InChI=1S/C13H20N2O3S/c1-9-3-4-10(8-14)5-13(9)19(16,17)15-11-6-12(7-11)18-2/h3-5,11-12,15H,6-8,14H2,1-2H3. The number of sulfonamides is 1. The van der Waals surface area contributed by atoms with E-state index in [-0.39, 0.29) is 12.1 Å². The Labute approximate surface area is 114 Å². The summed E-state index contributed by atoms with van der Waals surface area (Å²) < 4.78 is 32.5. The topological polar surface area (TPSA) is 81.4 Å². The second kappa shape index (κ2) is 5.58. The van der Waals surface area contributed by atoms with E-state index in [0.717, 1.165) is 24.0 Å². The van der Waals surface area contributed by atoms with Crippen molar-refractivity contribution in [1.82, 2.24) is 4.72 Å². The fourth-order valence-electron chi connectivity index (χ4n) is 2.20. The van der Waals surface area contributed by atoms with Crippen LogP contribution in [-0.4, -0.2) is 27.7 Å². The van der Waals surface area contributed by atoms with Crippen LogP contribution in [-0.2, 0) is 21.3 Å². The van der Waals surface area contributed by atoms with Gasteiger partial charge in [-0.2, -0.15) is 0 Å². The van der Waals surface area contributed by atoms with E-state index < -0.39 is 10.0 Å². The van der Waals surface area contributed by atoms with Crippen molar-refractivity contribution in [3.05, 3.63) is 29.3 Å². The van der Waals surface area contributed by atoms with Gasteiger partial charge >= 0.3 is 0 Å². The van der Waals surface area contributed by atoms with Gasteiger partial charge in [-0.05, 0) is 37.0 Å². The zero-order valence-corrected chi connectivity index (χ0v) is 12.0. The predicted octanol–water partition coefficient (Wildman–Crippen LogP) is 0.909. The van der Waals surface area contributed by atoms with Crippen molar-refractivity contribution in [2.75, 3.05) is 7.11 Å². The van der Waals surface area contributed by atoms with Crippen LogP contribution < -0.4 is 10.5 Å². The SMILES string of the molecule is COC1CC(NS(=O)(=O)c2cc(CN)ccc2C)C1. The zero-order chi connectivity index (χ0) is 14.0. The summed E-state index contributed by atoms with van der Waals surface area (Å²) in [5.74, 6) is 0. The fraction of sp³-hybridized carbons (Fsp3) is 0.538. The summed E-state index contributed by atoms with van der Waals surface area (Å²) in [6, 6.07) is 5.24. The van der Waals surface area contributed by atoms with Gasteiger partial charge in [-0.25, -0.2) is 13.1 Å². The summed E-state index contributed by atoms with van der Waals surface area (Å²) in [5, 5.41) is 0. The lowest BCUT2D eigenvalue weighted by atomic mass is 9.90. The summed E-state index contributed by atoms with van der Waals surface area (Å²) in [7, 11) is -1.83. The van der Waals surface area contributed by atoms with Gasteiger partial charge in [0.05, 0.1) is 11.0 Å². The quantitative estimate of drug-likeness (QED) is 0.842. The second-order valence-electron chi connectivity index (χ2n) is 4.95. The molecule has 2 rings (SSSR count). The van der Waals surface area contributed by atoms with Crippen LogP contribution in [0.5, 0.6) is 0 Å². The normalized spacial score (nSPS) is 23.1. The van der Waals surface area contributed by atoms with Crippen LogP contribution in [0.2, 0.25) is 0 Å². The Morgan fingerprint density at radius 1 is 1.42 bits per heavy atom. The molecule has 1 aromatic rings. The highest BCUT2D eigenvalue weighted by Gasteiger charge is 2.33. The third-order valence-corrected chi connectivity index (χ3v) is 5.19. The van der Waals surface area contributed by atoms with Crippen LogP contribution in [0.15, 0.2) is 23.1 Å². The molecular weight excluding hydrogens is 264 g/mol. The molecule has 0 bridgehead atoms. The largest absolute Gasteiger partial charge is 0.381 e. The van der Waals surface area contributed by atoms with E-state index in [1.165, 1.54) is 0 Å². The van der Waals surface area contributed by atoms with Crippen LogP contribution in [0.4, 0.5) is 0 Å². The Morgan fingerprint density at radius 2 is 2.11 bits per heavy atom. The third kappa shape index (κ3) is 3.14. The molecule has 5 nitrogen and oxygen atoms in total. The van der Waals surface area contributed by atoms with E-state index in [1.807, 2.05) is 6.07 Å². The smallest absolute Gasteiger partial charge is 0.241 e. The average molecular weight is 284 g/mol. The molecule has 0 heterocycles. The Hall–Kier alpha value is -0.950. The maximum Gasteiger partial charge on any atom is 0.241 e. The maximum absolute atomic E-state index is 12.3. The number of aryl methyl sites for hydroxylation is 1. The summed E-state index contributed by atoms with van der Waals surface area (Å²) in [5.41, 5.74) is 7.10. The van der Waals surface area contributed by atoms with Gasteiger partial charge in [0.1, 0.15) is 0 Å². The van der Waals surface area contributed by atoms with Crippen molar-refractivity contribution in [1.29, 1.82) is 0 Å². The minimum absolute atomic E-state index is 0.0316. The third-order valence-electron chi connectivity index (χ3n) is 3.53. The molecule has 1 fully saturated rings. The molecule has 19 heavy (non-hydrogen) atoms. The number of benzene rings is 1. The van der Waals surface area contributed by atoms with Gasteiger partial charge in [-0.1, -0.05) is 12.1 Å². The lowest BCUT2D eigenvalue weighted by molar-refractivity contribution is 0.0236. The molecule has 1 saturated carbocycles. The van der Waals surface area contributed by atoms with Crippen LogP contribution in [0.25, 0.3) is 0 Å². The molecule has 106 valence electrons. The van der Waals surface area contributed by atoms with E-state index in [9.17, 15) is 8.42 Å². The molecule has 6 heteroatoms. The average Bonchev–Trinajstić information content (AvgIpc) is 2.33. The van der Waals surface area contributed by atoms with Crippen molar-refractivity contribution in [2.24, 2.45) is 5.73 Å². The highest BCUT2D eigenvalue weighted by molar-refractivity contribution is 7.89. The molecule has 0 saturated heterocycles. The van der Waals surface area contributed by atoms with E-state index in [2.05, 4.69) is 4.72 Å². The maximum atomic E-state index is 12.3. The van der Waals surface area contributed by atoms with Gasteiger partial charge in [0.2, 0.25) is 10.0 Å². The number of hydrogen-bond acceptors (Lipinski definition) is 4. The second-order valence-corrected chi connectivity index (χ2v) is 6.63. The number of nitrogens with two attached hydrogens (primary N) is 1. The molecule has 0 amide bonds. The summed E-state index contributed by atoms with van der Waals surface area (Å²) >= 11 is 0. The van der Waals surface area contributed by atoms with E-state index in [1.54, 1.807) is 26.2 Å². The molecule has 0 aromatic heterocycles. The van der Waals surface area contributed by atoms with Crippen molar-refractivity contribution >= 4 is 10.0 Å². The van der Waals surface area contributed by atoms with Gasteiger partial charge < -0.3 is 10.5 Å². The lowest BCUT2D eigenvalue weighted by Crippen LogP contribution is -2.47. The number of nitrogens with one attached hydrogen (secondary N) is 1. The van der Waals surface area contributed by atoms with Crippen molar-refractivity contribution in [2.45, 2.75) is 43.4 Å². The molecule has 0 spiro atoms. The molecule has 0 aliphatic heterocycles. The first kappa shape index (κ1) is 14.5. The van der Waals surface area contributed by atoms with Gasteiger partial charge in [0.25, 0.3) is 0 Å². The van der Waals surface area contributed by atoms with Crippen LogP contribution in [0.3, 0.4) is 0 Å². The first-order valence-corrected chi connectivity index (χ1v) is 7.79. The number of ether oxygens (including phenoxy) is 1. The zero-order valence-electron chi connectivity index (χ0n) is 11.2. The first-order chi connectivity index (χ1) is 8.96. The van der Waals surface area contributed by atoms with Gasteiger partial charge in [-0.3, -0.25) is 0 Å². The minimum atomic E-state index is -3.48. The molecular formula is C13H20N2O3S. The molecule has 1 aliphatic rings. The fourth-order valence-corrected chi connectivity index (χ4v) is 3.75. The Balaban J connectivity index is 2.15. The van der Waals surface area contributed by atoms with Gasteiger partial charge in [-0.15, -0.1) is 0 Å². The molecule has 1 aliphatic carbocycles. The van der Waals surface area contributed by atoms with Crippen molar-refractivity contribution in [3.63, 3.8) is 0 Å². The van der Waals surface area contributed by atoms with E-state index in [4.69, 9.17) is 10.5 Å².